The summed E-state index contributed by atoms with van der Waals surface area (Å²) in [5.41, 5.74) is 2.41. The Hall–Kier alpha value is -3.19. The summed E-state index contributed by atoms with van der Waals surface area (Å²) in [6.07, 6.45) is 3.45. The van der Waals surface area contributed by atoms with E-state index in [0.717, 1.165) is 21.0 Å². The molecule has 3 rings (SSSR count). The molecule has 7 heteroatoms. The summed E-state index contributed by atoms with van der Waals surface area (Å²) in [6.45, 7) is 3.78. The van der Waals surface area contributed by atoms with Crippen LogP contribution in [0.5, 0.6) is 5.88 Å². The van der Waals surface area contributed by atoms with Gasteiger partial charge in [-0.1, -0.05) is 24.3 Å². The van der Waals surface area contributed by atoms with E-state index in [2.05, 4.69) is 9.97 Å². The van der Waals surface area contributed by atoms with Crippen molar-refractivity contribution < 1.29 is 19.4 Å². The van der Waals surface area contributed by atoms with Crippen molar-refractivity contribution in [1.82, 2.24) is 9.97 Å². The van der Waals surface area contributed by atoms with Crippen molar-refractivity contribution in [3.8, 4) is 16.5 Å². The van der Waals surface area contributed by atoms with Gasteiger partial charge in [-0.2, -0.15) is 0 Å². The van der Waals surface area contributed by atoms with Crippen molar-refractivity contribution in [2.45, 2.75) is 20.5 Å². The van der Waals surface area contributed by atoms with Crippen LogP contribution in [-0.4, -0.2) is 28.2 Å². The summed E-state index contributed by atoms with van der Waals surface area (Å²) in [7, 11) is 1.46. The zero-order chi connectivity index (χ0) is 20.1. The standard InChI is InChI=1S/C21H20N2O4S/c1-13(26-3)18(21(24)25)17-7-5-4-6-16(17)12-27-19-14(2)28-20(23-19)15-8-10-22-11-9-15/h4-11H,12H2,1-3H3,(H,24,25). The number of aromatic nitrogens is 2. The first-order valence-corrected chi connectivity index (χ1v) is 9.40. The molecule has 0 aliphatic heterocycles. The van der Waals surface area contributed by atoms with Crippen LogP contribution in [0.4, 0.5) is 0 Å². The molecule has 0 unspecified atom stereocenters. The third-order valence-electron chi connectivity index (χ3n) is 4.20. The molecule has 0 atom stereocenters. The topological polar surface area (TPSA) is 81.5 Å². The normalized spacial score (nSPS) is 11.7. The molecule has 0 aliphatic rings. The van der Waals surface area contributed by atoms with Gasteiger partial charge in [0.25, 0.3) is 0 Å². The minimum absolute atomic E-state index is 0.120. The highest BCUT2D eigenvalue weighted by atomic mass is 32.1. The fourth-order valence-electron chi connectivity index (χ4n) is 2.73. The van der Waals surface area contributed by atoms with Gasteiger partial charge in [-0.05, 0) is 37.1 Å². The van der Waals surface area contributed by atoms with Crippen LogP contribution in [-0.2, 0) is 16.1 Å². The van der Waals surface area contributed by atoms with Gasteiger partial charge in [0.2, 0.25) is 5.88 Å². The van der Waals surface area contributed by atoms with Crippen LogP contribution in [0.1, 0.15) is 22.9 Å². The molecule has 2 aromatic heterocycles. The van der Waals surface area contributed by atoms with E-state index in [9.17, 15) is 9.90 Å². The summed E-state index contributed by atoms with van der Waals surface area (Å²) < 4.78 is 11.1. The van der Waals surface area contributed by atoms with Crippen LogP contribution in [0.3, 0.4) is 0 Å². The Bertz CT molecular complexity index is 1010. The van der Waals surface area contributed by atoms with E-state index in [1.54, 1.807) is 31.5 Å². The molecule has 0 spiro atoms. The summed E-state index contributed by atoms with van der Waals surface area (Å²) in [4.78, 5) is 21.3. The molecule has 3 aromatic rings. The van der Waals surface area contributed by atoms with Gasteiger partial charge in [-0.3, -0.25) is 4.98 Å². The van der Waals surface area contributed by atoms with Gasteiger partial charge in [0.1, 0.15) is 22.9 Å². The molecule has 0 amide bonds. The van der Waals surface area contributed by atoms with E-state index < -0.39 is 5.97 Å². The predicted octanol–water partition coefficient (Wildman–Crippen LogP) is 4.55. The van der Waals surface area contributed by atoms with E-state index in [1.807, 2.05) is 31.2 Å². The fraction of sp³-hybridized carbons (Fsp3) is 0.190. The number of carboxylic acids is 1. The largest absolute Gasteiger partial charge is 0.500 e. The highest BCUT2D eigenvalue weighted by molar-refractivity contribution is 7.15. The third-order valence-corrected chi connectivity index (χ3v) is 5.21. The Labute approximate surface area is 167 Å². The number of methoxy groups -OCH3 is 1. The van der Waals surface area contributed by atoms with Crippen molar-refractivity contribution >= 4 is 22.9 Å². The lowest BCUT2D eigenvalue weighted by Gasteiger charge is -2.13. The van der Waals surface area contributed by atoms with Gasteiger partial charge in [0, 0.05) is 18.0 Å². The maximum atomic E-state index is 11.7. The summed E-state index contributed by atoms with van der Waals surface area (Å²) in [5.74, 6) is -0.169. The van der Waals surface area contributed by atoms with Crippen LogP contribution in [0.25, 0.3) is 16.1 Å². The number of pyridine rings is 1. The number of aryl methyl sites for hydroxylation is 1. The Morgan fingerprint density at radius 3 is 2.57 bits per heavy atom. The zero-order valence-electron chi connectivity index (χ0n) is 15.8. The number of hydrogen-bond acceptors (Lipinski definition) is 6. The van der Waals surface area contributed by atoms with Crippen molar-refractivity contribution in [3.05, 3.63) is 70.6 Å². The van der Waals surface area contributed by atoms with Crippen molar-refractivity contribution in [1.29, 1.82) is 0 Å². The summed E-state index contributed by atoms with van der Waals surface area (Å²) in [6, 6.07) is 11.0. The third kappa shape index (κ3) is 4.20. The number of aliphatic carboxylic acids is 1. The first kappa shape index (κ1) is 19.6. The molecular formula is C21H20N2O4S. The maximum absolute atomic E-state index is 11.7. The first-order chi connectivity index (χ1) is 13.5. The van der Waals surface area contributed by atoms with E-state index in [-0.39, 0.29) is 12.2 Å². The number of benzene rings is 1. The lowest BCUT2D eigenvalue weighted by atomic mass is 9.99. The summed E-state index contributed by atoms with van der Waals surface area (Å²) in [5, 5.41) is 10.5. The highest BCUT2D eigenvalue weighted by Crippen LogP contribution is 2.32. The molecule has 0 aliphatic carbocycles. The second-order valence-corrected chi connectivity index (χ2v) is 7.21. The average Bonchev–Trinajstić information content (AvgIpc) is 3.08. The number of nitrogens with zero attached hydrogens (tertiary/aromatic N) is 2. The smallest absolute Gasteiger partial charge is 0.339 e. The van der Waals surface area contributed by atoms with E-state index in [1.165, 1.54) is 18.4 Å². The Morgan fingerprint density at radius 2 is 1.89 bits per heavy atom. The van der Waals surface area contributed by atoms with Gasteiger partial charge in [-0.15, -0.1) is 11.3 Å². The second-order valence-electron chi connectivity index (χ2n) is 6.00. The number of ether oxygens (including phenoxy) is 2. The minimum Gasteiger partial charge on any atom is -0.500 e. The molecule has 0 fully saturated rings. The van der Waals surface area contributed by atoms with Gasteiger partial charge >= 0.3 is 5.97 Å². The Morgan fingerprint density at radius 1 is 1.18 bits per heavy atom. The van der Waals surface area contributed by atoms with Gasteiger partial charge < -0.3 is 14.6 Å². The van der Waals surface area contributed by atoms with Gasteiger partial charge in [0.15, 0.2) is 0 Å². The molecule has 0 saturated carbocycles. The maximum Gasteiger partial charge on any atom is 0.339 e. The second kappa shape index (κ2) is 8.67. The number of thiazole rings is 1. The van der Waals surface area contributed by atoms with Crippen molar-refractivity contribution in [2.24, 2.45) is 0 Å². The molecule has 0 bridgehead atoms. The van der Waals surface area contributed by atoms with E-state index in [4.69, 9.17) is 9.47 Å². The SMILES string of the molecule is COC(C)=C(C(=O)O)c1ccccc1COc1nc(-c2ccncc2)sc1C. The number of rotatable bonds is 7. The van der Waals surface area contributed by atoms with Crippen LogP contribution in [0.15, 0.2) is 54.6 Å². The molecule has 1 aromatic carbocycles. The van der Waals surface area contributed by atoms with Crippen LogP contribution < -0.4 is 4.74 Å². The highest BCUT2D eigenvalue weighted by Gasteiger charge is 2.19. The monoisotopic (exact) mass is 396 g/mol. The zero-order valence-corrected chi connectivity index (χ0v) is 16.6. The number of carboxylic acid groups (broad SMARTS) is 1. The van der Waals surface area contributed by atoms with Crippen LogP contribution in [0.2, 0.25) is 0 Å². The van der Waals surface area contributed by atoms with Crippen molar-refractivity contribution in [3.63, 3.8) is 0 Å². The Kier molecular flexibility index (Phi) is 6.06. The average molecular weight is 396 g/mol. The summed E-state index contributed by atoms with van der Waals surface area (Å²) >= 11 is 1.54. The predicted molar refractivity (Wildman–Crippen MR) is 108 cm³/mol. The molecule has 0 saturated heterocycles. The number of hydrogen-bond donors (Lipinski definition) is 1. The van der Waals surface area contributed by atoms with Gasteiger partial charge in [0.05, 0.1) is 12.0 Å². The molecule has 0 radical (unpaired) electrons. The molecule has 144 valence electrons. The molecule has 1 N–H and O–H groups in total. The van der Waals surface area contributed by atoms with Crippen LogP contribution in [0, 0.1) is 6.92 Å². The lowest BCUT2D eigenvalue weighted by Crippen LogP contribution is -2.08. The quantitative estimate of drug-likeness (QED) is 0.466. The van der Waals surface area contributed by atoms with Gasteiger partial charge in [-0.25, -0.2) is 9.78 Å². The fourth-order valence-corrected chi connectivity index (χ4v) is 3.59. The lowest BCUT2D eigenvalue weighted by molar-refractivity contribution is -0.130. The Balaban J connectivity index is 1.87. The first-order valence-electron chi connectivity index (χ1n) is 8.58. The minimum atomic E-state index is -1.04. The van der Waals surface area contributed by atoms with E-state index in [0.29, 0.717) is 17.2 Å². The molecule has 2 heterocycles. The number of carbonyl (C=O) groups is 1. The van der Waals surface area contributed by atoms with Crippen molar-refractivity contribution in [2.75, 3.05) is 7.11 Å². The van der Waals surface area contributed by atoms with Crippen LogP contribution >= 0.6 is 11.3 Å². The molecular weight excluding hydrogens is 376 g/mol. The van der Waals surface area contributed by atoms with E-state index >= 15 is 0 Å². The molecule has 6 nitrogen and oxygen atoms in total. The number of allylic oxidation sites excluding steroid dienone is 1. The molecule has 28 heavy (non-hydrogen) atoms.